The van der Waals surface area contributed by atoms with Crippen molar-refractivity contribution in [1.82, 2.24) is 19.5 Å². The first-order valence-electron chi connectivity index (χ1n) is 9.33. The van der Waals surface area contributed by atoms with Crippen molar-refractivity contribution in [3.8, 4) is 17.1 Å². The van der Waals surface area contributed by atoms with Crippen molar-refractivity contribution < 1.29 is 0 Å². The van der Waals surface area contributed by atoms with Crippen LogP contribution in [0.2, 0.25) is 0 Å². The summed E-state index contributed by atoms with van der Waals surface area (Å²) in [5, 5.41) is 0. The van der Waals surface area contributed by atoms with Gasteiger partial charge in [0.2, 0.25) is 0 Å². The lowest BCUT2D eigenvalue weighted by Gasteiger charge is -2.11. The molecule has 5 heteroatoms. The van der Waals surface area contributed by atoms with E-state index in [1.54, 1.807) is 6.20 Å². The molecule has 0 aliphatic carbocycles. The summed E-state index contributed by atoms with van der Waals surface area (Å²) in [5.41, 5.74) is 11.8. The quantitative estimate of drug-likeness (QED) is 0.561. The number of fused-ring (bicyclic) bond motifs is 1. The number of benzene rings is 1. The molecule has 0 radical (unpaired) electrons. The molecule has 0 atom stereocenters. The Balaban J connectivity index is 0.00000102. The van der Waals surface area contributed by atoms with Crippen LogP contribution in [0.3, 0.4) is 0 Å². The zero-order valence-electron chi connectivity index (χ0n) is 16.3. The molecule has 4 aromatic rings. The van der Waals surface area contributed by atoms with Gasteiger partial charge in [0.25, 0.3) is 0 Å². The van der Waals surface area contributed by atoms with Crippen molar-refractivity contribution in [1.29, 1.82) is 0 Å². The fourth-order valence-corrected chi connectivity index (χ4v) is 2.96. The minimum Gasteiger partial charge on any atom is -0.383 e. The minimum atomic E-state index is 0.459. The summed E-state index contributed by atoms with van der Waals surface area (Å²) in [7, 11) is 0. The highest BCUT2D eigenvalue weighted by atomic mass is 15.1. The maximum absolute atomic E-state index is 6.11. The largest absolute Gasteiger partial charge is 0.383 e. The number of imidazole rings is 1. The summed E-state index contributed by atoms with van der Waals surface area (Å²) in [5.74, 6) is 1.21. The van der Waals surface area contributed by atoms with E-state index in [0.29, 0.717) is 5.82 Å². The van der Waals surface area contributed by atoms with Crippen molar-refractivity contribution in [2.75, 3.05) is 5.73 Å². The Morgan fingerprint density at radius 2 is 1.70 bits per heavy atom. The zero-order chi connectivity index (χ0) is 19.4. The number of pyridine rings is 2. The van der Waals surface area contributed by atoms with Crippen LogP contribution in [-0.2, 0) is 6.42 Å². The van der Waals surface area contributed by atoms with Crippen LogP contribution in [0.5, 0.6) is 0 Å². The van der Waals surface area contributed by atoms with Gasteiger partial charge in [-0.3, -0.25) is 4.57 Å². The van der Waals surface area contributed by atoms with E-state index in [1.807, 2.05) is 45.0 Å². The van der Waals surface area contributed by atoms with Crippen molar-refractivity contribution in [3.05, 3.63) is 66.0 Å². The van der Waals surface area contributed by atoms with Crippen LogP contribution >= 0.6 is 0 Å². The smallest absolute Gasteiger partial charge is 0.165 e. The van der Waals surface area contributed by atoms with Gasteiger partial charge in [0.1, 0.15) is 11.3 Å². The molecule has 0 amide bonds. The van der Waals surface area contributed by atoms with E-state index < -0.39 is 0 Å². The molecule has 138 valence electrons. The van der Waals surface area contributed by atoms with E-state index in [4.69, 9.17) is 15.7 Å². The molecule has 3 heterocycles. The summed E-state index contributed by atoms with van der Waals surface area (Å²) >= 11 is 0. The van der Waals surface area contributed by atoms with E-state index >= 15 is 0 Å². The molecule has 27 heavy (non-hydrogen) atoms. The summed E-state index contributed by atoms with van der Waals surface area (Å²) in [6.45, 7) is 8.13. The molecule has 0 fully saturated rings. The molecule has 0 aliphatic rings. The zero-order valence-corrected chi connectivity index (χ0v) is 16.3. The Morgan fingerprint density at radius 1 is 0.963 bits per heavy atom. The fraction of sp³-hybridized carbons (Fsp3) is 0.227. The number of hydrogen-bond donors (Lipinski definition) is 1. The Morgan fingerprint density at radius 3 is 2.37 bits per heavy atom. The van der Waals surface area contributed by atoms with Crippen LogP contribution < -0.4 is 5.73 Å². The summed E-state index contributed by atoms with van der Waals surface area (Å²) in [6.07, 6.45) is 2.69. The number of hydrogen-bond acceptors (Lipinski definition) is 4. The third kappa shape index (κ3) is 3.53. The van der Waals surface area contributed by atoms with Gasteiger partial charge < -0.3 is 5.73 Å². The van der Waals surface area contributed by atoms with Crippen LogP contribution in [0.25, 0.3) is 28.2 Å². The van der Waals surface area contributed by atoms with Gasteiger partial charge in [-0.15, -0.1) is 0 Å². The monoisotopic (exact) mass is 359 g/mol. The molecule has 5 nitrogen and oxygen atoms in total. The number of nitrogens with two attached hydrogens (primary N) is 1. The molecule has 0 aliphatic heterocycles. The van der Waals surface area contributed by atoms with Crippen LogP contribution in [0.4, 0.5) is 5.82 Å². The number of aryl methyl sites for hydroxylation is 2. The lowest BCUT2D eigenvalue weighted by atomic mass is 10.1. The molecule has 0 saturated carbocycles. The Hall–Kier alpha value is -3.21. The second-order valence-corrected chi connectivity index (χ2v) is 6.02. The molecule has 0 saturated heterocycles. The van der Waals surface area contributed by atoms with Gasteiger partial charge in [-0.25, -0.2) is 15.0 Å². The van der Waals surface area contributed by atoms with Gasteiger partial charge >= 0.3 is 0 Å². The maximum Gasteiger partial charge on any atom is 0.165 e. The van der Waals surface area contributed by atoms with Gasteiger partial charge in [-0.05, 0) is 55.3 Å². The van der Waals surface area contributed by atoms with Crippen LogP contribution in [0.15, 0.2) is 54.7 Å². The maximum atomic E-state index is 6.11. The fourth-order valence-electron chi connectivity index (χ4n) is 2.96. The minimum absolute atomic E-state index is 0.459. The summed E-state index contributed by atoms with van der Waals surface area (Å²) < 4.78 is 2.05. The van der Waals surface area contributed by atoms with Gasteiger partial charge in [-0.1, -0.05) is 32.9 Å². The third-order valence-corrected chi connectivity index (χ3v) is 4.33. The highest BCUT2D eigenvalue weighted by Crippen LogP contribution is 2.30. The third-order valence-electron chi connectivity index (χ3n) is 4.33. The molecular weight excluding hydrogens is 334 g/mol. The molecular formula is C22H25N5. The number of rotatable bonds is 3. The normalized spacial score (nSPS) is 10.5. The molecule has 1 aromatic carbocycles. The SMILES string of the molecule is CC.CCc1ccc(-n2c(-c3cccnc3N)nc3ccc(C)nc32)cc1. The van der Waals surface area contributed by atoms with Crippen molar-refractivity contribution in [2.24, 2.45) is 0 Å². The Bertz CT molecular complexity index is 1050. The first-order valence-corrected chi connectivity index (χ1v) is 9.33. The molecule has 2 N–H and O–H groups in total. The second kappa shape index (κ2) is 7.99. The Kier molecular flexibility index (Phi) is 5.50. The number of nitrogens with zero attached hydrogens (tertiary/aromatic N) is 4. The van der Waals surface area contributed by atoms with Gasteiger partial charge in [0.15, 0.2) is 11.5 Å². The second-order valence-electron chi connectivity index (χ2n) is 6.02. The van der Waals surface area contributed by atoms with Crippen LogP contribution in [0, 0.1) is 6.92 Å². The van der Waals surface area contributed by atoms with Gasteiger partial charge in [0.05, 0.1) is 5.56 Å². The predicted molar refractivity (Wildman–Crippen MR) is 112 cm³/mol. The van der Waals surface area contributed by atoms with Gasteiger partial charge in [0, 0.05) is 17.6 Å². The van der Waals surface area contributed by atoms with Gasteiger partial charge in [-0.2, -0.15) is 0 Å². The average molecular weight is 359 g/mol. The van der Waals surface area contributed by atoms with Crippen LogP contribution in [0.1, 0.15) is 32.0 Å². The number of nitrogen functional groups attached to an aromatic ring is 1. The highest BCUT2D eigenvalue weighted by Gasteiger charge is 2.17. The van der Waals surface area contributed by atoms with E-state index in [-0.39, 0.29) is 0 Å². The molecule has 4 rings (SSSR count). The topological polar surface area (TPSA) is 69.6 Å². The standard InChI is InChI=1S/C20H19N5.C2H6/c1-3-14-7-9-15(10-8-14)25-19(16-5-4-12-22-18(16)21)24-17-11-6-13(2)23-20(17)25;1-2/h4-12H,3H2,1-2H3,(H2,21,22);1-2H3. The van der Waals surface area contributed by atoms with E-state index in [2.05, 4.69) is 40.7 Å². The Labute approximate surface area is 159 Å². The molecule has 0 spiro atoms. The lowest BCUT2D eigenvalue weighted by Crippen LogP contribution is -2.02. The molecule has 3 aromatic heterocycles. The van der Waals surface area contributed by atoms with Crippen molar-refractivity contribution in [3.63, 3.8) is 0 Å². The predicted octanol–water partition coefficient (Wildman–Crippen LogP) is 4.96. The average Bonchev–Trinajstić information content (AvgIpc) is 3.08. The summed E-state index contributed by atoms with van der Waals surface area (Å²) in [6, 6.07) is 16.2. The van der Waals surface area contributed by atoms with E-state index in [9.17, 15) is 0 Å². The van der Waals surface area contributed by atoms with E-state index in [0.717, 1.165) is 40.4 Å². The highest BCUT2D eigenvalue weighted by molar-refractivity contribution is 5.82. The van der Waals surface area contributed by atoms with Crippen LogP contribution in [-0.4, -0.2) is 19.5 Å². The molecule has 0 bridgehead atoms. The first kappa shape index (κ1) is 18.6. The number of aromatic nitrogens is 4. The number of anilines is 1. The molecule has 0 unspecified atom stereocenters. The lowest BCUT2D eigenvalue weighted by molar-refractivity contribution is 1.05. The first-order chi connectivity index (χ1) is 13.2. The van der Waals surface area contributed by atoms with Crippen molar-refractivity contribution >= 4 is 17.0 Å². The van der Waals surface area contributed by atoms with Crippen molar-refractivity contribution in [2.45, 2.75) is 34.1 Å². The summed E-state index contributed by atoms with van der Waals surface area (Å²) in [4.78, 5) is 13.7. The van der Waals surface area contributed by atoms with E-state index in [1.165, 1.54) is 5.56 Å².